The van der Waals surface area contributed by atoms with Crippen molar-refractivity contribution in [1.29, 1.82) is 0 Å². The van der Waals surface area contributed by atoms with E-state index in [1.807, 2.05) is 4.57 Å². The minimum Gasteiger partial charge on any atom is -0.491 e. The quantitative estimate of drug-likeness (QED) is 0.743. The third-order valence-electron chi connectivity index (χ3n) is 3.48. The summed E-state index contributed by atoms with van der Waals surface area (Å²) in [6, 6.07) is 3.24. The molecule has 0 fully saturated rings. The third kappa shape index (κ3) is 3.97. The maximum atomic E-state index is 12.3. The number of pyridine rings is 1. The molecule has 0 aromatic carbocycles. The molecule has 0 radical (unpaired) electrons. The molecule has 23 heavy (non-hydrogen) atoms. The van der Waals surface area contributed by atoms with Crippen LogP contribution in [0.1, 0.15) is 19.2 Å². The maximum Gasteiger partial charge on any atom is 0.293 e. The van der Waals surface area contributed by atoms with Crippen LogP contribution in [-0.4, -0.2) is 44.3 Å². The summed E-state index contributed by atoms with van der Waals surface area (Å²) in [5.41, 5.74) is -0.328. The van der Waals surface area contributed by atoms with E-state index in [4.69, 9.17) is 4.74 Å². The summed E-state index contributed by atoms with van der Waals surface area (Å²) in [6.07, 6.45) is 4.18. The second-order valence-electron chi connectivity index (χ2n) is 5.20. The van der Waals surface area contributed by atoms with Gasteiger partial charge in [-0.15, -0.1) is 10.2 Å². The van der Waals surface area contributed by atoms with Crippen LogP contribution in [0, 0.1) is 0 Å². The lowest BCUT2D eigenvalue weighted by Crippen LogP contribution is -2.34. The van der Waals surface area contributed by atoms with Gasteiger partial charge in [0.1, 0.15) is 12.9 Å². The Kier molecular flexibility index (Phi) is 5.51. The van der Waals surface area contributed by atoms with Crippen molar-refractivity contribution in [2.24, 2.45) is 0 Å². The lowest BCUT2D eigenvalue weighted by atomic mass is 10.4. The number of hydrogen-bond donors (Lipinski definition) is 0. The predicted octanol–water partition coefficient (Wildman–Crippen LogP) is 0.517. The number of nitrogens with zero attached hydrogens (tertiary/aromatic N) is 5. The van der Waals surface area contributed by atoms with Gasteiger partial charge in [0.25, 0.3) is 5.56 Å². The topological polar surface area (TPSA) is 82.2 Å². The van der Waals surface area contributed by atoms with Crippen molar-refractivity contribution in [2.75, 3.05) is 14.2 Å². The minimum atomic E-state index is -0.328. The molecule has 0 atom stereocenters. The number of hydrogen-bond acceptors (Lipinski definition) is 5. The van der Waals surface area contributed by atoms with Gasteiger partial charge in [-0.1, -0.05) is 6.92 Å². The second-order valence-corrected chi connectivity index (χ2v) is 5.20. The lowest BCUT2D eigenvalue weighted by Gasteiger charge is -2.18. The van der Waals surface area contributed by atoms with Crippen LogP contribution < -0.4 is 10.3 Å². The fourth-order valence-corrected chi connectivity index (χ4v) is 2.19. The molecule has 0 saturated heterocycles. The fourth-order valence-electron chi connectivity index (χ4n) is 2.19. The van der Waals surface area contributed by atoms with Gasteiger partial charge in [0, 0.05) is 19.8 Å². The smallest absolute Gasteiger partial charge is 0.293 e. The molecule has 0 unspecified atom stereocenters. The number of amides is 1. The zero-order valence-corrected chi connectivity index (χ0v) is 13.6. The first-order valence-corrected chi connectivity index (χ1v) is 7.41. The third-order valence-corrected chi connectivity index (χ3v) is 3.48. The molecule has 0 bridgehead atoms. The van der Waals surface area contributed by atoms with Crippen molar-refractivity contribution in [3.63, 3.8) is 0 Å². The Hall–Kier alpha value is -2.64. The number of carbonyl (C=O) groups is 1. The molecular formula is C15H21N5O3. The highest BCUT2D eigenvalue weighted by Gasteiger charge is 2.15. The molecule has 0 aliphatic carbocycles. The van der Waals surface area contributed by atoms with Gasteiger partial charge in [0.2, 0.25) is 5.91 Å². The molecule has 0 N–H and O–H groups in total. The molecule has 0 aliphatic rings. The van der Waals surface area contributed by atoms with Gasteiger partial charge >= 0.3 is 0 Å². The van der Waals surface area contributed by atoms with Crippen LogP contribution in [0.4, 0.5) is 0 Å². The molecule has 0 saturated carbocycles. The molecule has 0 aliphatic heterocycles. The van der Waals surface area contributed by atoms with E-state index in [0.29, 0.717) is 6.54 Å². The van der Waals surface area contributed by atoms with Gasteiger partial charge in [-0.05, 0) is 18.6 Å². The summed E-state index contributed by atoms with van der Waals surface area (Å²) in [5, 5.41) is 7.92. The van der Waals surface area contributed by atoms with Gasteiger partial charge in [-0.2, -0.15) is 0 Å². The molecule has 124 valence electrons. The summed E-state index contributed by atoms with van der Waals surface area (Å²) in [6.45, 7) is 3.17. The number of aryl methyl sites for hydroxylation is 1. The Balaban J connectivity index is 2.06. The van der Waals surface area contributed by atoms with E-state index in [-0.39, 0.29) is 23.8 Å². The van der Waals surface area contributed by atoms with Crippen LogP contribution in [0.15, 0.2) is 29.5 Å². The number of likely N-dealkylation sites (N-methyl/N-ethyl adjacent to an activating group) is 1. The number of methoxy groups -OCH3 is 1. The van der Waals surface area contributed by atoms with Crippen LogP contribution in [0.3, 0.4) is 0 Å². The van der Waals surface area contributed by atoms with Crippen LogP contribution >= 0.6 is 0 Å². The SMILES string of the molecule is CCCn1cnnc1CN(C)C(=O)Cn1cccc(OC)c1=O. The van der Waals surface area contributed by atoms with Crippen LogP contribution in [0.25, 0.3) is 0 Å². The number of rotatable bonds is 7. The number of ether oxygens (including phenoxy) is 1. The van der Waals surface area contributed by atoms with Gasteiger partial charge in [-0.25, -0.2) is 0 Å². The molecule has 8 nitrogen and oxygen atoms in total. The predicted molar refractivity (Wildman–Crippen MR) is 84.0 cm³/mol. The number of carbonyl (C=O) groups excluding carboxylic acids is 1. The Morgan fingerprint density at radius 3 is 2.87 bits per heavy atom. The van der Waals surface area contributed by atoms with E-state index < -0.39 is 0 Å². The van der Waals surface area contributed by atoms with E-state index in [9.17, 15) is 9.59 Å². The molecule has 2 aromatic heterocycles. The van der Waals surface area contributed by atoms with E-state index >= 15 is 0 Å². The van der Waals surface area contributed by atoms with Gasteiger partial charge in [0.05, 0.1) is 13.7 Å². The molecule has 0 spiro atoms. The fraction of sp³-hybridized carbons (Fsp3) is 0.467. The molecule has 2 aromatic rings. The highest BCUT2D eigenvalue weighted by Crippen LogP contribution is 2.04. The van der Waals surface area contributed by atoms with E-state index in [1.54, 1.807) is 31.7 Å². The normalized spacial score (nSPS) is 10.6. The van der Waals surface area contributed by atoms with E-state index in [0.717, 1.165) is 18.8 Å². The van der Waals surface area contributed by atoms with Gasteiger partial charge in [0.15, 0.2) is 11.6 Å². The Bertz CT molecular complexity index is 722. The van der Waals surface area contributed by atoms with Crippen molar-refractivity contribution in [1.82, 2.24) is 24.2 Å². The second kappa shape index (κ2) is 7.57. The summed E-state index contributed by atoms with van der Waals surface area (Å²) in [7, 11) is 3.11. The van der Waals surface area contributed by atoms with Crippen LogP contribution in [0.2, 0.25) is 0 Å². The number of aromatic nitrogens is 4. The Labute approximate surface area is 134 Å². The van der Waals surface area contributed by atoms with Crippen molar-refractivity contribution < 1.29 is 9.53 Å². The zero-order chi connectivity index (χ0) is 16.8. The van der Waals surface area contributed by atoms with Crippen LogP contribution in [0.5, 0.6) is 5.75 Å². The average molecular weight is 319 g/mol. The first-order valence-electron chi connectivity index (χ1n) is 7.41. The molecule has 2 heterocycles. The van der Waals surface area contributed by atoms with Crippen LogP contribution in [-0.2, 0) is 24.4 Å². The van der Waals surface area contributed by atoms with Gasteiger partial charge < -0.3 is 18.8 Å². The standard InChI is InChI=1S/C15H21N5O3/c1-4-7-20-11-16-17-13(20)9-18(2)14(21)10-19-8-5-6-12(23-3)15(19)22/h5-6,8,11H,4,7,9-10H2,1-3H3. The molecule has 1 amide bonds. The first kappa shape index (κ1) is 16.7. The zero-order valence-electron chi connectivity index (χ0n) is 13.6. The lowest BCUT2D eigenvalue weighted by molar-refractivity contribution is -0.131. The maximum absolute atomic E-state index is 12.3. The minimum absolute atomic E-state index is 0.0472. The van der Waals surface area contributed by atoms with E-state index in [1.165, 1.54) is 16.6 Å². The molecule has 2 rings (SSSR count). The van der Waals surface area contributed by atoms with Gasteiger partial charge in [-0.3, -0.25) is 9.59 Å². The highest BCUT2D eigenvalue weighted by atomic mass is 16.5. The summed E-state index contributed by atoms with van der Waals surface area (Å²) < 4.78 is 8.22. The Morgan fingerprint density at radius 2 is 2.17 bits per heavy atom. The Morgan fingerprint density at radius 1 is 1.39 bits per heavy atom. The van der Waals surface area contributed by atoms with Crippen molar-refractivity contribution in [3.8, 4) is 5.75 Å². The largest absolute Gasteiger partial charge is 0.491 e. The summed E-state index contributed by atoms with van der Waals surface area (Å²) in [5.74, 6) is 0.748. The first-order chi connectivity index (χ1) is 11.1. The summed E-state index contributed by atoms with van der Waals surface area (Å²) >= 11 is 0. The van der Waals surface area contributed by atoms with Crippen molar-refractivity contribution in [3.05, 3.63) is 40.8 Å². The van der Waals surface area contributed by atoms with Crippen molar-refractivity contribution in [2.45, 2.75) is 33.0 Å². The average Bonchev–Trinajstić information content (AvgIpc) is 2.96. The monoisotopic (exact) mass is 319 g/mol. The molecule has 8 heteroatoms. The van der Waals surface area contributed by atoms with Crippen molar-refractivity contribution >= 4 is 5.91 Å². The summed E-state index contributed by atoms with van der Waals surface area (Å²) in [4.78, 5) is 25.9. The molecular weight excluding hydrogens is 298 g/mol. The van der Waals surface area contributed by atoms with E-state index in [2.05, 4.69) is 17.1 Å². The highest BCUT2D eigenvalue weighted by molar-refractivity contribution is 5.75.